The number of benzene rings is 1. The first-order valence-corrected chi connectivity index (χ1v) is 6.60. The Morgan fingerprint density at radius 3 is 2.35 bits per heavy atom. The van der Waals surface area contributed by atoms with Gasteiger partial charge in [0.05, 0.1) is 11.5 Å². The number of carbonyl (C=O) groups is 1. The minimum absolute atomic E-state index is 0.0336. The molecular weight excluding hydrogens is 278 g/mol. The maximum atomic E-state index is 11.3. The summed E-state index contributed by atoms with van der Waals surface area (Å²) in [6.45, 7) is 5.54. The maximum absolute atomic E-state index is 11.3. The van der Waals surface area contributed by atoms with E-state index < -0.39 is 0 Å². The van der Waals surface area contributed by atoms with Crippen LogP contribution in [0.25, 0.3) is 0 Å². The third kappa shape index (κ3) is 2.95. The van der Waals surface area contributed by atoms with Crippen LogP contribution in [0.5, 0.6) is 0 Å². The Labute approximate surface area is 111 Å². The van der Waals surface area contributed by atoms with Crippen LogP contribution < -0.4 is 0 Å². The molecule has 0 heterocycles. The Morgan fingerprint density at radius 1 is 1.35 bits per heavy atom. The molecule has 0 N–H and O–H groups in total. The van der Waals surface area contributed by atoms with E-state index in [1.54, 1.807) is 6.07 Å². The van der Waals surface area contributed by atoms with Gasteiger partial charge in [-0.1, -0.05) is 29.8 Å². The van der Waals surface area contributed by atoms with Crippen molar-refractivity contribution in [2.24, 2.45) is 0 Å². The van der Waals surface area contributed by atoms with Crippen LogP contribution in [0.4, 0.5) is 0 Å². The number of nitriles is 1. The summed E-state index contributed by atoms with van der Waals surface area (Å²) in [7, 11) is 0. The molecule has 2 nitrogen and oxygen atoms in total. The molecule has 0 aliphatic heterocycles. The number of hydrogen-bond acceptors (Lipinski definition) is 2. The molecule has 0 amide bonds. The van der Waals surface area contributed by atoms with E-state index in [0.717, 1.165) is 22.9 Å². The molecule has 0 unspecified atom stereocenters. The van der Waals surface area contributed by atoms with Crippen LogP contribution in [-0.2, 0) is 5.41 Å². The second kappa shape index (κ2) is 5.46. The van der Waals surface area contributed by atoms with E-state index in [2.05, 4.69) is 22.0 Å². The molecule has 3 heteroatoms. The predicted octanol–water partition coefficient (Wildman–Crippen LogP) is 4.23. The van der Waals surface area contributed by atoms with Crippen molar-refractivity contribution < 1.29 is 4.79 Å². The van der Waals surface area contributed by atoms with Crippen LogP contribution in [0, 0.1) is 11.3 Å². The molecule has 1 aromatic rings. The summed E-state index contributed by atoms with van der Waals surface area (Å²) < 4.78 is 0.867. The van der Waals surface area contributed by atoms with Crippen LogP contribution in [0.3, 0.4) is 0 Å². The standard InChI is InChI=1S/C12H10BrNO.C2H6/c1-8(15)9-4-10(6-11(13)5-9)12(7-14)2-3-12;1-2/h4-6H,2-3H2,1H3;1-2H3. The molecule has 1 saturated carbocycles. The predicted molar refractivity (Wildman–Crippen MR) is 72.0 cm³/mol. The zero-order valence-electron chi connectivity index (χ0n) is 10.4. The number of hydrogen-bond donors (Lipinski definition) is 0. The normalized spacial score (nSPS) is 15.2. The Hall–Kier alpha value is -1.14. The van der Waals surface area contributed by atoms with E-state index in [-0.39, 0.29) is 11.2 Å². The minimum atomic E-state index is -0.325. The molecule has 0 atom stereocenters. The van der Waals surface area contributed by atoms with E-state index in [4.69, 9.17) is 5.26 Å². The average Bonchev–Trinajstić information content (AvgIpc) is 3.11. The maximum Gasteiger partial charge on any atom is 0.159 e. The largest absolute Gasteiger partial charge is 0.295 e. The van der Waals surface area contributed by atoms with Gasteiger partial charge in [-0.2, -0.15) is 5.26 Å². The number of nitrogens with zero attached hydrogens (tertiary/aromatic N) is 1. The van der Waals surface area contributed by atoms with E-state index in [9.17, 15) is 4.79 Å². The molecule has 1 aliphatic carbocycles. The fourth-order valence-corrected chi connectivity index (χ4v) is 2.15. The van der Waals surface area contributed by atoms with Crippen molar-refractivity contribution in [2.75, 3.05) is 0 Å². The molecule has 0 spiro atoms. The summed E-state index contributed by atoms with van der Waals surface area (Å²) in [4.78, 5) is 11.3. The smallest absolute Gasteiger partial charge is 0.159 e. The third-order valence-corrected chi connectivity index (χ3v) is 3.28. The highest BCUT2D eigenvalue weighted by molar-refractivity contribution is 9.10. The zero-order chi connectivity index (χ0) is 13.1. The molecule has 90 valence electrons. The van der Waals surface area contributed by atoms with Crippen molar-refractivity contribution in [1.82, 2.24) is 0 Å². The second-order valence-electron chi connectivity index (χ2n) is 3.98. The molecular formula is C14H16BrNO. The van der Waals surface area contributed by atoms with Gasteiger partial charge in [0, 0.05) is 10.0 Å². The van der Waals surface area contributed by atoms with Gasteiger partial charge in [0.2, 0.25) is 0 Å². The number of Topliss-reactive ketones (excluding diaryl/α,β-unsaturated/α-hetero) is 1. The van der Waals surface area contributed by atoms with Crippen molar-refractivity contribution >= 4 is 21.7 Å². The minimum Gasteiger partial charge on any atom is -0.295 e. The van der Waals surface area contributed by atoms with Crippen LogP contribution in [0.15, 0.2) is 22.7 Å². The van der Waals surface area contributed by atoms with Gasteiger partial charge in [-0.05, 0) is 43.5 Å². The van der Waals surface area contributed by atoms with Gasteiger partial charge in [0.15, 0.2) is 5.78 Å². The topological polar surface area (TPSA) is 40.9 Å². The summed E-state index contributed by atoms with van der Waals surface area (Å²) in [5.74, 6) is 0.0336. The van der Waals surface area contributed by atoms with Gasteiger partial charge in [-0.3, -0.25) is 4.79 Å². The highest BCUT2D eigenvalue weighted by atomic mass is 79.9. The number of halogens is 1. The molecule has 0 aromatic heterocycles. The van der Waals surface area contributed by atoms with Crippen LogP contribution >= 0.6 is 15.9 Å². The van der Waals surface area contributed by atoms with Gasteiger partial charge in [0.1, 0.15) is 0 Å². The summed E-state index contributed by atoms with van der Waals surface area (Å²) >= 11 is 3.37. The molecule has 0 bridgehead atoms. The van der Waals surface area contributed by atoms with E-state index >= 15 is 0 Å². The summed E-state index contributed by atoms with van der Waals surface area (Å²) in [5.41, 5.74) is 1.30. The van der Waals surface area contributed by atoms with Gasteiger partial charge in [0.25, 0.3) is 0 Å². The fourth-order valence-electron chi connectivity index (χ4n) is 1.66. The lowest BCUT2D eigenvalue weighted by molar-refractivity contribution is 0.101. The van der Waals surface area contributed by atoms with Crippen molar-refractivity contribution in [1.29, 1.82) is 5.26 Å². The van der Waals surface area contributed by atoms with Gasteiger partial charge < -0.3 is 0 Å². The molecule has 17 heavy (non-hydrogen) atoms. The average molecular weight is 294 g/mol. The number of ketones is 1. The zero-order valence-corrected chi connectivity index (χ0v) is 12.0. The van der Waals surface area contributed by atoms with Gasteiger partial charge >= 0.3 is 0 Å². The van der Waals surface area contributed by atoms with Crippen LogP contribution in [0.2, 0.25) is 0 Å². The third-order valence-electron chi connectivity index (χ3n) is 2.82. The fraction of sp³-hybridized carbons (Fsp3) is 0.429. The Kier molecular flexibility index (Phi) is 4.47. The van der Waals surface area contributed by atoms with Crippen molar-refractivity contribution in [3.63, 3.8) is 0 Å². The Morgan fingerprint density at radius 2 is 1.94 bits per heavy atom. The lowest BCUT2D eigenvalue weighted by atomic mass is 9.95. The highest BCUT2D eigenvalue weighted by Crippen LogP contribution is 2.48. The lowest BCUT2D eigenvalue weighted by Gasteiger charge is -2.08. The summed E-state index contributed by atoms with van der Waals surface area (Å²) in [6, 6.07) is 7.89. The number of carbonyl (C=O) groups excluding carboxylic acids is 1. The first kappa shape index (κ1) is 13.9. The van der Waals surface area contributed by atoms with Crippen molar-refractivity contribution in [3.05, 3.63) is 33.8 Å². The van der Waals surface area contributed by atoms with E-state index in [1.165, 1.54) is 6.92 Å². The highest BCUT2D eigenvalue weighted by Gasteiger charge is 2.45. The second-order valence-corrected chi connectivity index (χ2v) is 4.89. The van der Waals surface area contributed by atoms with Gasteiger partial charge in [-0.25, -0.2) is 0 Å². The van der Waals surface area contributed by atoms with Gasteiger partial charge in [-0.15, -0.1) is 0 Å². The Bertz CT molecular complexity index is 470. The molecule has 2 rings (SSSR count). The van der Waals surface area contributed by atoms with Crippen LogP contribution in [-0.4, -0.2) is 5.78 Å². The molecule has 1 fully saturated rings. The monoisotopic (exact) mass is 293 g/mol. The molecule has 0 radical (unpaired) electrons. The lowest BCUT2D eigenvalue weighted by Crippen LogP contribution is -2.04. The van der Waals surface area contributed by atoms with E-state index in [0.29, 0.717) is 5.56 Å². The van der Waals surface area contributed by atoms with E-state index in [1.807, 2.05) is 26.0 Å². The molecule has 0 saturated heterocycles. The van der Waals surface area contributed by atoms with Crippen LogP contribution in [0.1, 0.15) is 49.5 Å². The molecule has 1 aromatic carbocycles. The summed E-state index contributed by atoms with van der Waals surface area (Å²) in [6.07, 6.45) is 1.80. The Balaban J connectivity index is 0.000000686. The quantitative estimate of drug-likeness (QED) is 0.766. The summed E-state index contributed by atoms with van der Waals surface area (Å²) in [5, 5.41) is 9.08. The van der Waals surface area contributed by atoms with Crippen molar-refractivity contribution in [3.8, 4) is 6.07 Å². The SMILES string of the molecule is CC.CC(=O)c1cc(Br)cc(C2(C#N)CC2)c1. The van der Waals surface area contributed by atoms with Crippen molar-refractivity contribution in [2.45, 2.75) is 39.0 Å². The first-order valence-electron chi connectivity index (χ1n) is 5.81. The molecule has 1 aliphatic rings. The number of rotatable bonds is 2. The first-order chi connectivity index (χ1) is 8.07.